The molecular formula is C19H20F3N3O2S. The largest absolute Gasteiger partial charge is 0.593 e. The van der Waals surface area contributed by atoms with E-state index in [9.17, 15) is 22.5 Å². The van der Waals surface area contributed by atoms with E-state index in [1.54, 1.807) is 24.3 Å². The van der Waals surface area contributed by atoms with Crippen molar-refractivity contribution in [2.45, 2.75) is 30.8 Å². The molecule has 1 saturated heterocycles. The van der Waals surface area contributed by atoms with E-state index in [0.29, 0.717) is 10.6 Å². The first-order chi connectivity index (χ1) is 13.2. The number of carbonyl (C=O) groups is 1. The summed E-state index contributed by atoms with van der Waals surface area (Å²) in [4.78, 5) is 12.7. The van der Waals surface area contributed by atoms with E-state index < -0.39 is 29.1 Å². The van der Waals surface area contributed by atoms with Gasteiger partial charge in [0.25, 0.3) is 0 Å². The number of alkyl halides is 3. The van der Waals surface area contributed by atoms with Crippen molar-refractivity contribution in [2.24, 2.45) is 0 Å². The van der Waals surface area contributed by atoms with Gasteiger partial charge in [0.15, 0.2) is 4.90 Å². The minimum atomic E-state index is -4.43. The molecule has 0 aliphatic carbocycles. The average Bonchev–Trinajstić information content (AvgIpc) is 3.15. The van der Waals surface area contributed by atoms with E-state index in [-0.39, 0.29) is 11.3 Å². The summed E-state index contributed by atoms with van der Waals surface area (Å²) in [7, 11) is 0. The summed E-state index contributed by atoms with van der Waals surface area (Å²) < 4.78 is 52.7. The van der Waals surface area contributed by atoms with Gasteiger partial charge in [-0.2, -0.15) is 13.2 Å². The average molecular weight is 411 g/mol. The van der Waals surface area contributed by atoms with Crippen LogP contribution in [0.5, 0.6) is 0 Å². The molecule has 0 aromatic heterocycles. The first-order valence-electron chi connectivity index (χ1n) is 8.77. The van der Waals surface area contributed by atoms with Crippen molar-refractivity contribution >= 4 is 28.8 Å². The van der Waals surface area contributed by atoms with Gasteiger partial charge in [0.1, 0.15) is 0 Å². The third-order valence-corrected chi connectivity index (χ3v) is 5.91. The quantitative estimate of drug-likeness (QED) is 0.712. The standard InChI is InChI=1S/C19H20F3N3O2S/c1-13-12-15(6-9-17(13)19(20,21)22)24-18(26)23-14-4-7-16(8-5-14)28(27)25-10-2-3-11-25/h4-9,12H,2-3,10-11H2,1H3,(H2,23,24,26). The van der Waals surface area contributed by atoms with Crippen molar-refractivity contribution < 1.29 is 22.5 Å². The molecule has 28 heavy (non-hydrogen) atoms. The summed E-state index contributed by atoms with van der Waals surface area (Å²) in [5.41, 5.74) is 0.0390. The number of benzene rings is 2. The summed E-state index contributed by atoms with van der Waals surface area (Å²) in [6, 6.07) is 9.49. The first kappa shape index (κ1) is 20.5. The third kappa shape index (κ3) is 4.98. The van der Waals surface area contributed by atoms with Crippen molar-refractivity contribution in [1.82, 2.24) is 4.31 Å². The van der Waals surface area contributed by atoms with E-state index in [1.807, 2.05) is 4.31 Å². The lowest BCUT2D eigenvalue weighted by Gasteiger charge is -2.18. The second kappa shape index (κ2) is 8.42. The van der Waals surface area contributed by atoms with Crippen LogP contribution in [0.3, 0.4) is 0 Å². The Balaban J connectivity index is 1.59. The van der Waals surface area contributed by atoms with Gasteiger partial charge in [-0.25, -0.2) is 4.79 Å². The molecule has 1 aliphatic heterocycles. The second-order valence-corrected chi connectivity index (χ2v) is 8.00. The smallest absolute Gasteiger partial charge is 0.416 e. The Morgan fingerprint density at radius 3 is 2.18 bits per heavy atom. The van der Waals surface area contributed by atoms with Crippen LogP contribution in [0.25, 0.3) is 0 Å². The molecule has 2 aromatic carbocycles. The summed E-state index contributed by atoms with van der Waals surface area (Å²) >= 11 is -1.21. The van der Waals surface area contributed by atoms with Crippen molar-refractivity contribution in [2.75, 3.05) is 23.7 Å². The van der Waals surface area contributed by atoms with Crippen LogP contribution in [0.15, 0.2) is 47.4 Å². The van der Waals surface area contributed by atoms with Crippen molar-refractivity contribution in [3.05, 3.63) is 53.6 Å². The Bertz CT molecular complexity index is 837. The summed E-state index contributed by atoms with van der Waals surface area (Å²) in [6.45, 7) is 2.95. The number of hydrogen-bond donors (Lipinski definition) is 2. The van der Waals surface area contributed by atoms with E-state index >= 15 is 0 Å². The number of urea groups is 1. The third-order valence-electron chi connectivity index (χ3n) is 4.40. The molecule has 0 spiro atoms. The lowest BCUT2D eigenvalue weighted by Crippen LogP contribution is -2.27. The van der Waals surface area contributed by atoms with Gasteiger partial charge in [-0.1, -0.05) is 0 Å². The van der Waals surface area contributed by atoms with Gasteiger partial charge in [0.2, 0.25) is 0 Å². The van der Waals surface area contributed by atoms with Crippen LogP contribution in [-0.4, -0.2) is 28.0 Å². The molecule has 1 unspecified atom stereocenters. The van der Waals surface area contributed by atoms with Crippen LogP contribution in [-0.2, 0) is 17.5 Å². The molecule has 1 atom stereocenters. The number of hydrogen-bond acceptors (Lipinski definition) is 3. The molecule has 3 rings (SSSR count). The summed E-state index contributed by atoms with van der Waals surface area (Å²) in [5, 5.41) is 5.11. The highest BCUT2D eigenvalue weighted by Crippen LogP contribution is 2.33. The highest BCUT2D eigenvalue weighted by molar-refractivity contribution is 7.89. The van der Waals surface area contributed by atoms with Gasteiger partial charge < -0.3 is 15.2 Å². The lowest BCUT2D eigenvalue weighted by molar-refractivity contribution is -0.138. The number of nitrogens with one attached hydrogen (secondary N) is 2. The Morgan fingerprint density at radius 1 is 1.04 bits per heavy atom. The molecule has 5 nitrogen and oxygen atoms in total. The van der Waals surface area contributed by atoms with Crippen molar-refractivity contribution in [3.8, 4) is 0 Å². The van der Waals surface area contributed by atoms with Gasteiger partial charge in [-0.05, 0) is 67.8 Å². The van der Waals surface area contributed by atoms with Gasteiger partial charge in [0, 0.05) is 24.5 Å². The van der Waals surface area contributed by atoms with E-state index in [1.165, 1.54) is 19.1 Å². The molecule has 0 bridgehead atoms. The normalized spacial score (nSPS) is 16.0. The van der Waals surface area contributed by atoms with Gasteiger partial charge >= 0.3 is 12.2 Å². The zero-order valence-electron chi connectivity index (χ0n) is 15.2. The molecular weight excluding hydrogens is 391 g/mol. The van der Waals surface area contributed by atoms with Gasteiger partial charge in [-0.3, -0.25) is 0 Å². The fourth-order valence-electron chi connectivity index (χ4n) is 3.01. The monoisotopic (exact) mass is 411 g/mol. The van der Waals surface area contributed by atoms with Crippen LogP contribution in [0, 0.1) is 6.92 Å². The van der Waals surface area contributed by atoms with Gasteiger partial charge in [-0.15, -0.1) is 4.31 Å². The van der Waals surface area contributed by atoms with Crippen LogP contribution < -0.4 is 10.6 Å². The number of amides is 2. The van der Waals surface area contributed by atoms with E-state index in [0.717, 1.165) is 32.0 Å². The Labute approximate surface area is 164 Å². The van der Waals surface area contributed by atoms with Crippen molar-refractivity contribution in [1.29, 1.82) is 0 Å². The number of anilines is 2. The number of carbonyl (C=O) groups excluding carboxylic acids is 1. The minimum absolute atomic E-state index is 0.0269. The van der Waals surface area contributed by atoms with Gasteiger partial charge in [0.05, 0.1) is 16.9 Å². The molecule has 0 saturated carbocycles. The zero-order valence-corrected chi connectivity index (χ0v) is 16.0. The molecule has 2 aromatic rings. The number of halogens is 3. The fraction of sp³-hybridized carbons (Fsp3) is 0.316. The van der Waals surface area contributed by atoms with E-state index in [2.05, 4.69) is 10.6 Å². The Hall–Kier alpha value is -2.23. The Morgan fingerprint density at radius 2 is 1.61 bits per heavy atom. The number of nitrogens with zero attached hydrogens (tertiary/aromatic N) is 1. The fourth-order valence-corrected chi connectivity index (χ4v) is 4.27. The maximum absolute atomic E-state index is 12.8. The molecule has 2 amide bonds. The summed E-state index contributed by atoms with van der Waals surface area (Å²) in [6.07, 6.45) is -2.36. The molecule has 9 heteroatoms. The maximum atomic E-state index is 12.8. The maximum Gasteiger partial charge on any atom is 0.416 e. The number of aryl methyl sites for hydroxylation is 1. The lowest BCUT2D eigenvalue weighted by atomic mass is 10.1. The molecule has 2 N–H and O–H groups in total. The van der Waals surface area contributed by atoms with Crippen molar-refractivity contribution in [3.63, 3.8) is 0 Å². The van der Waals surface area contributed by atoms with Crippen LogP contribution in [0.1, 0.15) is 24.0 Å². The molecule has 1 aliphatic rings. The molecule has 0 radical (unpaired) electrons. The van der Waals surface area contributed by atoms with Crippen LogP contribution >= 0.6 is 0 Å². The topological polar surface area (TPSA) is 67.4 Å². The number of rotatable bonds is 4. The SMILES string of the molecule is Cc1cc(NC(=O)Nc2ccc([S+]([O-])N3CCCC3)cc2)ccc1C(F)(F)F. The van der Waals surface area contributed by atoms with E-state index in [4.69, 9.17) is 0 Å². The Kier molecular flexibility index (Phi) is 6.17. The van der Waals surface area contributed by atoms with Crippen LogP contribution in [0.2, 0.25) is 0 Å². The molecule has 1 heterocycles. The highest BCUT2D eigenvalue weighted by Gasteiger charge is 2.32. The molecule has 150 valence electrons. The van der Waals surface area contributed by atoms with Crippen LogP contribution in [0.4, 0.5) is 29.3 Å². The highest BCUT2D eigenvalue weighted by atomic mass is 32.2. The summed E-state index contributed by atoms with van der Waals surface area (Å²) in [5.74, 6) is 0. The zero-order chi connectivity index (χ0) is 20.3. The predicted octanol–water partition coefficient (Wildman–Crippen LogP) is 4.78. The first-order valence-corrected chi connectivity index (χ1v) is 9.87. The molecule has 1 fully saturated rings. The predicted molar refractivity (Wildman–Crippen MR) is 102 cm³/mol. The minimum Gasteiger partial charge on any atom is -0.593 e. The second-order valence-electron chi connectivity index (χ2n) is 6.52.